The number of alkyl halides is 2. The van der Waals surface area contributed by atoms with Gasteiger partial charge in [-0.15, -0.1) is 29.6 Å². The molecule has 0 spiro atoms. The van der Waals surface area contributed by atoms with Crippen molar-refractivity contribution < 1.29 is 4.74 Å². The Hall–Kier alpha value is -3.09. The number of rotatable bonds is 4. The molecule has 2 aromatic carbocycles. The molecule has 4 heteroatoms. The molecule has 0 bridgehead atoms. The molecule has 0 aromatic heterocycles. The van der Waals surface area contributed by atoms with Gasteiger partial charge in [0, 0.05) is 40.5 Å². The molecule has 1 nitrogen and oxygen atoms in total. The average Bonchev–Trinajstić information content (AvgIpc) is 2.73. The lowest BCUT2D eigenvalue weighted by Gasteiger charge is -2.11. The largest absolute Gasteiger partial charge is 0.407 e. The fourth-order valence-corrected chi connectivity index (χ4v) is 2.91. The molecule has 0 saturated heterocycles. The molecule has 0 unspecified atom stereocenters. The van der Waals surface area contributed by atoms with E-state index in [2.05, 4.69) is 53.5 Å². The summed E-state index contributed by atoms with van der Waals surface area (Å²) in [7, 11) is 0. The van der Waals surface area contributed by atoms with Gasteiger partial charge >= 0.3 is 0 Å². The maximum atomic E-state index is 6.21. The molecule has 0 radical (unpaired) electrons. The predicted molar refractivity (Wildman–Crippen MR) is 117 cm³/mol. The molecule has 2 rings (SSSR count). The summed E-state index contributed by atoms with van der Waals surface area (Å²) >= 11 is 18.2. The first-order valence-corrected chi connectivity index (χ1v) is 9.30. The van der Waals surface area contributed by atoms with E-state index in [0.717, 1.165) is 22.3 Å². The molecule has 0 heterocycles. The number of hydrogen-bond donors (Lipinski definition) is 0. The summed E-state index contributed by atoms with van der Waals surface area (Å²) in [4.78, 5) is 0. The van der Waals surface area contributed by atoms with Gasteiger partial charge in [0.05, 0.1) is 0 Å². The van der Waals surface area contributed by atoms with E-state index in [9.17, 15) is 0 Å². The number of ether oxygens (including phenoxy) is 1. The summed E-state index contributed by atoms with van der Waals surface area (Å²) < 4.78 is 5.33. The smallest absolute Gasteiger partial charge is 0.140 e. The first-order valence-electron chi connectivity index (χ1n) is 7.85. The molecule has 0 fully saturated rings. The minimum atomic E-state index is 0.326. The van der Waals surface area contributed by atoms with Gasteiger partial charge in [-0.25, -0.2) is 0 Å². The Balaban J connectivity index is 2.11. The van der Waals surface area contributed by atoms with Gasteiger partial charge in [-0.2, -0.15) is 0 Å². The normalized spacial score (nSPS) is 8.36. The molecular formula is C24H11Cl3O. The van der Waals surface area contributed by atoms with Gasteiger partial charge in [0.2, 0.25) is 0 Å². The summed E-state index contributed by atoms with van der Waals surface area (Å²) in [5, 5.41) is 0.610. The maximum Gasteiger partial charge on any atom is 0.140 e. The quantitative estimate of drug-likeness (QED) is 0.470. The molecular weight excluding hydrogens is 411 g/mol. The standard InChI is InChI=1S/C24H11Cl3O/c1-2-3-4-5-6-7-8-9-14-28-22-12-10-19(11-13-22)23-15-21(18-26)24(27)16-20(23)17-25/h1,10-13,15-16H,17-18H2. The van der Waals surface area contributed by atoms with Crippen molar-refractivity contribution in [1.82, 2.24) is 0 Å². The van der Waals surface area contributed by atoms with Crippen LogP contribution in [-0.2, 0) is 11.8 Å². The molecule has 0 atom stereocenters. The van der Waals surface area contributed by atoms with Crippen LogP contribution in [0.1, 0.15) is 11.1 Å². The average molecular weight is 422 g/mol. The molecule has 0 N–H and O–H groups in total. The van der Waals surface area contributed by atoms with Crippen LogP contribution in [0, 0.1) is 59.9 Å². The lowest BCUT2D eigenvalue weighted by atomic mass is 9.98. The van der Waals surface area contributed by atoms with Crippen molar-refractivity contribution in [2.45, 2.75) is 11.8 Å². The van der Waals surface area contributed by atoms with E-state index in [1.165, 1.54) is 0 Å². The highest BCUT2D eigenvalue weighted by Gasteiger charge is 2.10. The highest BCUT2D eigenvalue weighted by Crippen LogP contribution is 2.32. The van der Waals surface area contributed by atoms with E-state index in [-0.39, 0.29) is 0 Å². The molecule has 28 heavy (non-hydrogen) atoms. The zero-order valence-electron chi connectivity index (χ0n) is 14.5. The molecule has 0 aliphatic rings. The van der Waals surface area contributed by atoms with E-state index in [4.69, 9.17) is 46.0 Å². The van der Waals surface area contributed by atoms with Crippen LogP contribution in [0.2, 0.25) is 5.02 Å². The molecule has 2 aromatic rings. The first-order chi connectivity index (χ1) is 13.7. The minimum Gasteiger partial charge on any atom is -0.407 e. The lowest BCUT2D eigenvalue weighted by molar-refractivity contribution is 0.520. The third kappa shape index (κ3) is 6.26. The van der Waals surface area contributed by atoms with Crippen molar-refractivity contribution in [3.63, 3.8) is 0 Å². The first kappa shape index (κ1) is 21.2. The topological polar surface area (TPSA) is 9.23 Å². The SMILES string of the molecule is C#CC#CC#CC#CC#COc1ccc(-c2cc(CCl)c(Cl)cc2CCl)cc1. The second-order valence-corrected chi connectivity index (χ2v) is 6.06. The Kier molecular flexibility index (Phi) is 8.78. The fourth-order valence-electron chi connectivity index (χ4n) is 2.15. The second-order valence-electron chi connectivity index (χ2n) is 5.12. The summed E-state index contributed by atoms with van der Waals surface area (Å²) in [6, 6.07) is 11.2. The van der Waals surface area contributed by atoms with Gasteiger partial charge in [-0.3, -0.25) is 0 Å². The fraction of sp³-hybridized carbons (Fsp3) is 0.0833. The number of halogens is 3. The Bertz CT molecular complexity index is 1140. The van der Waals surface area contributed by atoms with Crippen molar-refractivity contribution in [3.05, 3.63) is 52.5 Å². The van der Waals surface area contributed by atoms with Crippen LogP contribution in [0.15, 0.2) is 36.4 Å². The highest BCUT2D eigenvalue weighted by molar-refractivity contribution is 6.32. The van der Waals surface area contributed by atoms with Crippen molar-refractivity contribution in [2.24, 2.45) is 0 Å². The van der Waals surface area contributed by atoms with Crippen molar-refractivity contribution in [1.29, 1.82) is 0 Å². The van der Waals surface area contributed by atoms with Gasteiger partial charge in [0.25, 0.3) is 0 Å². The molecule has 0 saturated carbocycles. The van der Waals surface area contributed by atoms with Gasteiger partial charge < -0.3 is 4.74 Å². The van der Waals surface area contributed by atoms with E-state index in [1.54, 1.807) is 12.1 Å². The Morgan fingerprint density at radius 3 is 2.00 bits per heavy atom. The predicted octanol–water partition coefficient (Wildman–Crippen LogP) is 5.47. The molecule has 0 aliphatic carbocycles. The van der Waals surface area contributed by atoms with Crippen LogP contribution in [-0.4, -0.2) is 0 Å². The molecule has 0 aliphatic heterocycles. The van der Waals surface area contributed by atoms with E-state index < -0.39 is 0 Å². The van der Waals surface area contributed by atoms with Crippen molar-refractivity contribution in [3.8, 4) is 76.8 Å². The maximum absolute atomic E-state index is 6.21. The summed E-state index contributed by atoms with van der Waals surface area (Å²) in [6.45, 7) is 0. The minimum absolute atomic E-state index is 0.326. The van der Waals surface area contributed by atoms with Crippen LogP contribution < -0.4 is 4.74 Å². The van der Waals surface area contributed by atoms with Crippen LogP contribution >= 0.6 is 34.8 Å². The molecule has 0 amide bonds. The van der Waals surface area contributed by atoms with Crippen LogP contribution in [0.3, 0.4) is 0 Å². The van der Waals surface area contributed by atoms with Gasteiger partial charge in [-0.05, 0) is 70.2 Å². The summed E-state index contributed by atoms with van der Waals surface area (Å²) in [5.41, 5.74) is 3.73. The van der Waals surface area contributed by atoms with E-state index in [0.29, 0.717) is 22.5 Å². The Labute approximate surface area is 180 Å². The number of benzene rings is 2. The highest BCUT2D eigenvalue weighted by atomic mass is 35.5. The van der Waals surface area contributed by atoms with Crippen LogP contribution in [0.5, 0.6) is 5.75 Å². The van der Waals surface area contributed by atoms with Gasteiger partial charge in [-0.1, -0.05) is 23.7 Å². The van der Waals surface area contributed by atoms with Gasteiger partial charge in [0.1, 0.15) is 11.9 Å². The van der Waals surface area contributed by atoms with Crippen molar-refractivity contribution in [2.75, 3.05) is 0 Å². The second kappa shape index (κ2) is 11.6. The monoisotopic (exact) mass is 420 g/mol. The van der Waals surface area contributed by atoms with E-state index in [1.807, 2.05) is 24.3 Å². The zero-order chi connectivity index (χ0) is 20.2. The third-order valence-electron chi connectivity index (χ3n) is 3.39. The zero-order valence-corrected chi connectivity index (χ0v) is 16.8. The van der Waals surface area contributed by atoms with Crippen LogP contribution in [0.25, 0.3) is 11.1 Å². The lowest BCUT2D eigenvalue weighted by Crippen LogP contribution is -1.91. The van der Waals surface area contributed by atoms with E-state index >= 15 is 0 Å². The number of terminal acetylenes is 1. The third-order valence-corrected chi connectivity index (χ3v) is 4.32. The van der Waals surface area contributed by atoms with Crippen molar-refractivity contribution >= 4 is 34.8 Å². The van der Waals surface area contributed by atoms with Gasteiger partial charge in [0.15, 0.2) is 0 Å². The van der Waals surface area contributed by atoms with Crippen LogP contribution in [0.4, 0.5) is 0 Å². The summed E-state index contributed by atoms with van der Waals surface area (Å²) in [6.07, 6.45) is 7.45. The number of hydrogen-bond acceptors (Lipinski definition) is 1. The summed E-state index contributed by atoms with van der Waals surface area (Å²) in [5.74, 6) is 20.8. The Morgan fingerprint density at radius 1 is 0.786 bits per heavy atom. The Morgan fingerprint density at radius 2 is 1.39 bits per heavy atom. The molecule has 134 valence electrons.